The minimum absolute atomic E-state index is 0.102. The molecule has 8 heteroatoms. The SMILES string of the molecule is COc1ccc(C2c3cc4c(cc3OC3(O)COC(=O)C23)OCO4)c(OC)c1. The molecule has 28 heavy (non-hydrogen) atoms. The molecular formula is C20H18O8. The fourth-order valence-corrected chi connectivity index (χ4v) is 4.09. The highest BCUT2D eigenvalue weighted by molar-refractivity contribution is 5.80. The molecule has 3 heterocycles. The predicted molar refractivity (Wildman–Crippen MR) is 94.0 cm³/mol. The van der Waals surface area contributed by atoms with E-state index in [-0.39, 0.29) is 13.4 Å². The van der Waals surface area contributed by atoms with E-state index in [2.05, 4.69) is 0 Å². The van der Waals surface area contributed by atoms with E-state index in [9.17, 15) is 9.90 Å². The summed E-state index contributed by atoms with van der Waals surface area (Å²) >= 11 is 0. The summed E-state index contributed by atoms with van der Waals surface area (Å²) in [5.74, 6) is -1.23. The first-order valence-electron chi connectivity index (χ1n) is 8.77. The molecule has 0 radical (unpaired) electrons. The van der Waals surface area contributed by atoms with Gasteiger partial charge in [-0.15, -0.1) is 0 Å². The van der Waals surface area contributed by atoms with Gasteiger partial charge in [0, 0.05) is 29.2 Å². The number of hydrogen-bond donors (Lipinski definition) is 1. The van der Waals surface area contributed by atoms with E-state index in [4.69, 9.17) is 28.4 Å². The van der Waals surface area contributed by atoms with E-state index < -0.39 is 23.6 Å². The number of fused-ring (bicyclic) bond motifs is 3. The summed E-state index contributed by atoms with van der Waals surface area (Å²) in [6.45, 7) is -0.149. The van der Waals surface area contributed by atoms with Gasteiger partial charge in [0.1, 0.15) is 23.2 Å². The highest BCUT2D eigenvalue weighted by Gasteiger charge is 2.60. The van der Waals surface area contributed by atoms with E-state index in [1.807, 2.05) is 6.07 Å². The third-order valence-corrected chi connectivity index (χ3v) is 5.40. The number of hydrogen-bond acceptors (Lipinski definition) is 8. The number of esters is 1. The predicted octanol–water partition coefficient (Wildman–Crippen LogP) is 1.82. The highest BCUT2D eigenvalue weighted by atomic mass is 16.7. The summed E-state index contributed by atoms with van der Waals surface area (Å²) in [4.78, 5) is 12.6. The van der Waals surface area contributed by atoms with Crippen LogP contribution in [-0.2, 0) is 9.53 Å². The fourth-order valence-electron chi connectivity index (χ4n) is 4.09. The van der Waals surface area contributed by atoms with Crippen LogP contribution in [0.15, 0.2) is 30.3 Å². The second-order valence-electron chi connectivity index (χ2n) is 6.86. The molecule has 146 valence electrons. The van der Waals surface area contributed by atoms with Crippen molar-refractivity contribution >= 4 is 5.97 Å². The molecule has 5 rings (SSSR count). The van der Waals surface area contributed by atoms with Gasteiger partial charge in [0.15, 0.2) is 18.1 Å². The molecule has 1 N–H and O–H groups in total. The number of cyclic esters (lactones) is 1. The number of ether oxygens (including phenoxy) is 6. The summed E-state index contributed by atoms with van der Waals surface area (Å²) in [5, 5.41) is 11.1. The third-order valence-electron chi connectivity index (χ3n) is 5.40. The van der Waals surface area contributed by atoms with Gasteiger partial charge in [0.2, 0.25) is 6.79 Å². The second-order valence-corrected chi connectivity index (χ2v) is 6.86. The van der Waals surface area contributed by atoms with Crippen LogP contribution >= 0.6 is 0 Å². The molecule has 0 amide bonds. The summed E-state index contributed by atoms with van der Waals surface area (Å²) in [7, 11) is 3.10. The van der Waals surface area contributed by atoms with Crippen molar-refractivity contribution in [1.29, 1.82) is 0 Å². The van der Waals surface area contributed by atoms with Crippen molar-refractivity contribution < 1.29 is 38.3 Å². The highest BCUT2D eigenvalue weighted by Crippen LogP contribution is 2.55. The molecule has 2 aromatic rings. The second kappa shape index (κ2) is 5.93. The van der Waals surface area contributed by atoms with Crippen molar-refractivity contribution in [1.82, 2.24) is 0 Å². The van der Waals surface area contributed by atoms with E-state index in [1.165, 1.54) is 7.11 Å². The lowest BCUT2D eigenvalue weighted by Crippen LogP contribution is -2.50. The van der Waals surface area contributed by atoms with Gasteiger partial charge in [0.25, 0.3) is 5.79 Å². The molecule has 3 atom stereocenters. The monoisotopic (exact) mass is 386 g/mol. The van der Waals surface area contributed by atoms with Crippen molar-refractivity contribution in [3.63, 3.8) is 0 Å². The average Bonchev–Trinajstić information content (AvgIpc) is 3.27. The van der Waals surface area contributed by atoms with Gasteiger partial charge in [0.05, 0.1) is 14.2 Å². The minimum Gasteiger partial charge on any atom is -0.497 e. The third kappa shape index (κ3) is 2.31. The van der Waals surface area contributed by atoms with Crippen molar-refractivity contribution in [2.45, 2.75) is 11.7 Å². The topological polar surface area (TPSA) is 92.7 Å². The fraction of sp³-hybridized carbons (Fsp3) is 0.350. The number of rotatable bonds is 3. The van der Waals surface area contributed by atoms with Gasteiger partial charge < -0.3 is 33.5 Å². The largest absolute Gasteiger partial charge is 0.497 e. The number of benzene rings is 2. The standard InChI is InChI=1S/C20H18O8/c1-23-10-3-4-11(13(5-10)24-2)17-12-6-15-16(27-9-26-15)7-14(12)28-20(22)8-25-19(21)18(17)20/h3-7,17-18,22H,8-9H2,1-2H3. The zero-order chi connectivity index (χ0) is 19.5. The normalized spacial score (nSPS) is 26.8. The van der Waals surface area contributed by atoms with Gasteiger partial charge >= 0.3 is 5.97 Å². The molecule has 0 bridgehead atoms. The molecule has 0 spiro atoms. The summed E-state index contributed by atoms with van der Waals surface area (Å²) in [6, 6.07) is 8.76. The number of carbonyl (C=O) groups excluding carboxylic acids is 1. The lowest BCUT2D eigenvalue weighted by atomic mass is 9.74. The van der Waals surface area contributed by atoms with Crippen LogP contribution in [0.3, 0.4) is 0 Å². The van der Waals surface area contributed by atoms with Crippen molar-refractivity contribution in [2.75, 3.05) is 27.6 Å². The Kier molecular flexibility index (Phi) is 3.60. The maximum absolute atomic E-state index is 12.6. The Morgan fingerprint density at radius 3 is 2.54 bits per heavy atom. The van der Waals surface area contributed by atoms with E-state index in [1.54, 1.807) is 31.4 Å². The molecule has 0 aliphatic carbocycles. The molecule has 2 aromatic carbocycles. The Labute approximate surface area is 160 Å². The lowest BCUT2D eigenvalue weighted by Gasteiger charge is -2.39. The lowest BCUT2D eigenvalue weighted by molar-refractivity contribution is -0.173. The molecule has 0 saturated carbocycles. The summed E-state index contributed by atoms with van der Waals surface area (Å²) in [5.41, 5.74) is 1.38. The Morgan fingerprint density at radius 1 is 1.00 bits per heavy atom. The quantitative estimate of drug-likeness (QED) is 0.799. The molecule has 3 aliphatic heterocycles. The number of aliphatic hydroxyl groups is 1. The molecular weight excluding hydrogens is 368 g/mol. The van der Waals surface area contributed by atoms with Crippen LogP contribution in [0, 0.1) is 5.92 Å². The molecule has 8 nitrogen and oxygen atoms in total. The Hall–Kier alpha value is -3.13. The molecule has 3 unspecified atom stereocenters. The zero-order valence-electron chi connectivity index (χ0n) is 15.3. The maximum Gasteiger partial charge on any atom is 0.317 e. The molecule has 0 aromatic heterocycles. The molecule has 1 fully saturated rings. The summed E-state index contributed by atoms with van der Waals surface area (Å²) < 4.78 is 32.7. The van der Waals surface area contributed by atoms with Gasteiger partial charge in [-0.25, -0.2) is 0 Å². The van der Waals surface area contributed by atoms with Crippen LogP contribution in [-0.4, -0.2) is 44.5 Å². The summed E-state index contributed by atoms with van der Waals surface area (Å²) in [6.07, 6.45) is 0. The van der Waals surface area contributed by atoms with Crippen LogP contribution < -0.4 is 23.7 Å². The maximum atomic E-state index is 12.6. The first kappa shape index (κ1) is 17.0. The van der Waals surface area contributed by atoms with E-state index in [0.29, 0.717) is 39.9 Å². The number of methoxy groups -OCH3 is 2. The Bertz CT molecular complexity index is 971. The van der Waals surface area contributed by atoms with Crippen molar-refractivity contribution in [3.05, 3.63) is 41.5 Å². The molecule has 1 saturated heterocycles. The van der Waals surface area contributed by atoms with Crippen LogP contribution in [0.1, 0.15) is 17.0 Å². The average molecular weight is 386 g/mol. The Balaban J connectivity index is 1.74. The van der Waals surface area contributed by atoms with E-state index >= 15 is 0 Å². The van der Waals surface area contributed by atoms with Crippen LogP contribution in [0.25, 0.3) is 0 Å². The van der Waals surface area contributed by atoms with Gasteiger partial charge in [-0.05, 0) is 12.1 Å². The first-order valence-corrected chi connectivity index (χ1v) is 8.77. The van der Waals surface area contributed by atoms with E-state index in [0.717, 1.165) is 0 Å². The van der Waals surface area contributed by atoms with Gasteiger partial charge in [-0.2, -0.15) is 0 Å². The first-order chi connectivity index (χ1) is 13.5. The minimum atomic E-state index is -1.78. The number of carbonyl (C=O) groups is 1. The van der Waals surface area contributed by atoms with Gasteiger partial charge in [-0.3, -0.25) is 4.79 Å². The zero-order valence-corrected chi connectivity index (χ0v) is 15.3. The molecule has 3 aliphatic rings. The Morgan fingerprint density at radius 2 is 1.79 bits per heavy atom. The van der Waals surface area contributed by atoms with Gasteiger partial charge in [-0.1, -0.05) is 6.07 Å². The van der Waals surface area contributed by atoms with Crippen LogP contribution in [0.5, 0.6) is 28.7 Å². The smallest absolute Gasteiger partial charge is 0.317 e. The van der Waals surface area contributed by atoms with Crippen molar-refractivity contribution in [3.8, 4) is 28.7 Å². The van der Waals surface area contributed by atoms with Crippen LogP contribution in [0.4, 0.5) is 0 Å². The van der Waals surface area contributed by atoms with Crippen LogP contribution in [0.2, 0.25) is 0 Å². The van der Waals surface area contributed by atoms with Crippen molar-refractivity contribution in [2.24, 2.45) is 5.92 Å².